The average Bonchev–Trinajstić information content (AvgIpc) is 2.87. The SMILES string of the molecule is O=C(CC(=O)c1ccco1)c1csc(Cl)c1. The van der Waals surface area contributed by atoms with Crippen LogP contribution < -0.4 is 0 Å². The highest BCUT2D eigenvalue weighted by Crippen LogP contribution is 2.21. The summed E-state index contributed by atoms with van der Waals surface area (Å²) < 4.78 is 5.45. The smallest absolute Gasteiger partial charge is 0.205 e. The van der Waals surface area contributed by atoms with E-state index in [0.29, 0.717) is 9.90 Å². The lowest BCUT2D eigenvalue weighted by Crippen LogP contribution is -2.06. The van der Waals surface area contributed by atoms with Gasteiger partial charge < -0.3 is 4.42 Å². The van der Waals surface area contributed by atoms with Crippen molar-refractivity contribution in [3.63, 3.8) is 0 Å². The molecule has 5 heteroatoms. The molecule has 2 rings (SSSR count). The Kier molecular flexibility index (Phi) is 3.22. The summed E-state index contributed by atoms with van der Waals surface area (Å²) in [6, 6.07) is 4.71. The third kappa shape index (κ3) is 2.40. The van der Waals surface area contributed by atoms with Gasteiger partial charge in [0, 0.05) is 10.9 Å². The number of ketones is 2. The van der Waals surface area contributed by atoms with Gasteiger partial charge in [0.15, 0.2) is 11.5 Å². The topological polar surface area (TPSA) is 47.3 Å². The van der Waals surface area contributed by atoms with E-state index >= 15 is 0 Å². The average molecular weight is 255 g/mol. The Labute approximate surface area is 101 Å². The normalized spacial score (nSPS) is 10.3. The van der Waals surface area contributed by atoms with Gasteiger partial charge in [-0.2, -0.15) is 0 Å². The van der Waals surface area contributed by atoms with Crippen LogP contribution in [-0.4, -0.2) is 11.6 Å². The van der Waals surface area contributed by atoms with Gasteiger partial charge in [0.25, 0.3) is 0 Å². The van der Waals surface area contributed by atoms with Crippen LogP contribution in [0.3, 0.4) is 0 Å². The monoisotopic (exact) mass is 254 g/mol. The molecule has 0 aromatic carbocycles. The largest absolute Gasteiger partial charge is 0.461 e. The first-order valence-electron chi connectivity index (χ1n) is 4.51. The molecule has 0 amide bonds. The first kappa shape index (κ1) is 11.1. The fourth-order valence-corrected chi connectivity index (χ4v) is 2.11. The summed E-state index contributed by atoms with van der Waals surface area (Å²) in [6.07, 6.45) is 1.21. The van der Waals surface area contributed by atoms with E-state index in [4.69, 9.17) is 16.0 Å². The Morgan fingerprint density at radius 3 is 2.75 bits per heavy atom. The fourth-order valence-electron chi connectivity index (χ4n) is 1.23. The minimum absolute atomic E-state index is 0.194. The van der Waals surface area contributed by atoms with E-state index < -0.39 is 0 Å². The van der Waals surface area contributed by atoms with Crippen LogP contribution in [0.1, 0.15) is 27.3 Å². The predicted molar refractivity (Wildman–Crippen MR) is 61.3 cm³/mol. The van der Waals surface area contributed by atoms with E-state index in [0.717, 1.165) is 0 Å². The summed E-state index contributed by atoms with van der Waals surface area (Å²) in [5, 5.41) is 1.64. The summed E-state index contributed by atoms with van der Waals surface area (Å²) >= 11 is 6.97. The maximum Gasteiger partial charge on any atom is 0.205 e. The molecule has 0 bridgehead atoms. The second-order valence-electron chi connectivity index (χ2n) is 3.14. The van der Waals surface area contributed by atoms with Crippen LogP contribution in [0.25, 0.3) is 0 Å². The van der Waals surface area contributed by atoms with Gasteiger partial charge in [0.2, 0.25) is 5.78 Å². The molecule has 0 aliphatic heterocycles. The van der Waals surface area contributed by atoms with Crippen LogP contribution in [0.2, 0.25) is 4.34 Å². The van der Waals surface area contributed by atoms with Crippen molar-refractivity contribution >= 4 is 34.5 Å². The molecule has 82 valence electrons. The third-order valence-corrected chi connectivity index (χ3v) is 3.10. The number of furan rings is 1. The summed E-state index contributed by atoms with van der Waals surface area (Å²) in [7, 11) is 0. The quantitative estimate of drug-likeness (QED) is 0.620. The Morgan fingerprint density at radius 1 is 1.38 bits per heavy atom. The van der Waals surface area contributed by atoms with Gasteiger partial charge in [-0.05, 0) is 18.2 Å². The fraction of sp³-hybridized carbons (Fsp3) is 0.0909. The molecule has 0 fully saturated rings. The van der Waals surface area contributed by atoms with Gasteiger partial charge in [-0.25, -0.2) is 0 Å². The molecular weight excluding hydrogens is 248 g/mol. The molecule has 2 heterocycles. The van der Waals surface area contributed by atoms with Crippen molar-refractivity contribution in [2.45, 2.75) is 6.42 Å². The molecule has 0 aliphatic rings. The highest BCUT2D eigenvalue weighted by molar-refractivity contribution is 7.14. The molecule has 0 unspecified atom stereocenters. The molecular formula is C11H7ClO3S. The maximum absolute atomic E-state index is 11.6. The second-order valence-corrected chi connectivity index (χ2v) is 4.68. The highest BCUT2D eigenvalue weighted by atomic mass is 35.5. The van der Waals surface area contributed by atoms with Crippen molar-refractivity contribution < 1.29 is 14.0 Å². The number of hydrogen-bond donors (Lipinski definition) is 0. The van der Waals surface area contributed by atoms with Gasteiger partial charge in [0.05, 0.1) is 17.0 Å². The Bertz CT molecular complexity index is 513. The Hall–Kier alpha value is -1.39. The number of carbonyl (C=O) groups excluding carboxylic acids is 2. The molecule has 0 spiro atoms. The molecule has 2 aromatic heterocycles. The van der Waals surface area contributed by atoms with Gasteiger partial charge >= 0.3 is 0 Å². The highest BCUT2D eigenvalue weighted by Gasteiger charge is 2.16. The van der Waals surface area contributed by atoms with Crippen LogP contribution in [0.5, 0.6) is 0 Å². The van der Waals surface area contributed by atoms with Crippen LogP contribution in [0.15, 0.2) is 34.3 Å². The Morgan fingerprint density at radius 2 is 2.19 bits per heavy atom. The minimum Gasteiger partial charge on any atom is -0.461 e. The molecule has 0 saturated carbocycles. The number of thiophene rings is 1. The molecule has 0 aliphatic carbocycles. The van der Waals surface area contributed by atoms with Crippen LogP contribution in [-0.2, 0) is 0 Å². The van der Waals surface area contributed by atoms with Crippen molar-refractivity contribution in [2.24, 2.45) is 0 Å². The van der Waals surface area contributed by atoms with Crippen molar-refractivity contribution in [2.75, 3.05) is 0 Å². The molecule has 16 heavy (non-hydrogen) atoms. The van der Waals surface area contributed by atoms with Crippen molar-refractivity contribution in [1.29, 1.82) is 0 Å². The lowest BCUT2D eigenvalue weighted by molar-refractivity contribution is 0.0878. The number of Topliss-reactive ketones (excluding diaryl/α,β-unsaturated/α-hetero) is 2. The van der Waals surface area contributed by atoms with Crippen molar-refractivity contribution in [3.8, 4) is 0 Å². The number of halogens is 1. The third-order valence-electron chi connectivity index (χ3n) is 2.01. The molecule has 2 aromatic rings. The first-order valence-corrected chi connectivity index (χ1v) is 5.76. The van der Waals surface area contributed by atoms with E-state index in [9.17, 15) is 9.59 Å². The second kappa shape index (κ2) is 4.63. The van der Waals surface area contributed by atoms with Crippen LogP contribution >= 0.6 is 22.9 Å². The van der Waals surface area contributed by atoms with Crippen LogP contribution in [0, 0.1) is 0 Å². The zero-order valence-corrected chi connectivity index (χ0v) is 9.68. The molecule has 0 N–H and O–H groups in total. The van der Waals surface area contributed by atoms with Crippen molar-refractivity contribution in [3.05, 3.63) is 45.5 Å². The van der Waals surface area contributed by atoms with Crippen molar-refractivity contribution in [1.82, 2.24) is 0 Å². The van der Waals surface area contributed by atoms with Gasteiger partial charge in [0.1, 0.15) is 0 Å². The van der Waals surface area contributed by atoms with E-state index in [1.165, 1.54) is 23.7 Å². The zero-order valence-electron chi connectivity index (χ0n) is 8.10. The van der Waals surface area contributed by atoms with Gasteiger partial charge in [-0.15, -0.1) is 11.3 Å². The summed E-state index contributed by atoms with van der Waals surface area (Å²) in [6.45, 7) is 0. The number of rotatable bonds is 4. The summed E-state index contributed by atoms with van der Waals surface area (Å²) in [5.74, 6) is -0.364. The first-order chi connectivity index (χ1) is 7.66. The minimum atomic E-state index is -0.322. The van der Waals surface area contributed by atoms with Gasteiger partial charge in [-0.1, -0.05) is 11.6 Å². The van der Waals surface area contributed by atoms with E-state index in [2.05, 4.69) is 0 Å². The molecule has 0 saturated heterocycles. The molecule has 0 atom stereocenters. The number of hydrogen-bond acceptors (Lipinski definition) is 4. The lowest BCUT2D eigenvalue weighted by atomic mass is 10.1. The summed E-state index contributed by atoms with van der Waals surface area (Å²) in [4.78, 5) is 23.2. The van der Waals surface area contributed by atoms with Gasteiger partial charge in [-0.3, -0.25) is 9.59 Å². The maximum atomic E-state index is 11.6. The predicted octanol–water partition coefficient (Wildman–Crippen LogP) is 3.45. The zero-order chi connectivity index (χ0) is 11.5. The summed E-state index contributed by atoms with van der Waals surface area (Å²) in [5.41, 5.74) is 0.468. The van der Waals surface area contributed by atoms with E-state index in [1.807, 2.05) is 0 Å². The van der Waals surface area contributed by atoms with E-state index in [1.54, 1.807) is 17.5 Å². The number of carbonyl (C=O) groups is 2. The van der Waals surface area contributed by atoms with E-state index in [-0.39, 0.29) is 23.7 Å². The van der Waals surface area contributed by atoms with Crippen LogP contribution in [0.4, 0.5) is 0 Å². The Balaban J connectivity index is 2.06. The standard InChI is InChI=1S/C11H7ClO3S/c12-11-4-7(6-16-11)8(13)5-9(14)10-2-1-3-15-10/h1-4,6H,5H2. The molecule has 0 radical (unpaired) electrons. The molecule has 3 nitrogen and oxygen atoms in total. The lowest BCUT2D eigenvalue weighted by Gasteiger charge is -1.95.